The third kappa shape index (κ3) is 4.73. The van der Waals surface area contributed by atoms with E-state index in [0.717, 1.165) is 0 Å². The summed E-state index contributed by atoms with van der Waals surface area (Å²) in [5, 5.41) is 14.8. The van der Waals surface area contributed by atoms with Crippen LogP contribution in [0.1, 0.15) is 0 Å². The molecule has 0 amide bonds. The Balaban J connectivity index is 1.95. The molecule has 0 aliphatic rings. The maximum absolute atomic E-state index is 10.7. The third-order valence-electron chi connectivity index (χ3n) is 2.50. The molecule has 0 aliphatic carbocycles. The number of anilines is 2. The van der Waals surface area contributed by atoms with Gasteiger partial charge in [-0.3, -0.25) is 21.0 Å². The normalized spacial score (nSPS) is 9.91. The quantitative estimate of drug-likeness (QED) is 0.432. The number of hydrazine groups is 1. The number of non-ortho nitro benzene ring substituents is 1. The zero-order valence-electron chi connectivity index (χ0n) is 11.0. The number of nitro benzene ring substituents is 1. The van der Waals surface area contributed by atoms with Gasteiger partial charge < -0.3 is 5.32 Å². The largest absolute Gasteiger partial charge is 0.331 e. The summed E-state index contributed by atoms with van der Waals surface area (Å²) in [4.78, 5) is 10.2. The first-order valence-corrected chi connectivity index (χ1v) is 7.14. The Morgan fingerprint density at radius 2 is 1.77 bits per heavy atom. The molecule has 0 fully saturated rings. The van der Waals surface area contributed by atoms with Crippen LogP contribution >= 0.6 is 35.4 Å². The van der Waals surface area contributed by atoms with Crippen LogP contribution in [0.5, 0.6) is 0 Å². The van der Waals surface area contributed by atoms with Gasteiger partial charge in [0.1, 0.15) is 0 Å². The maximum atomic E-state index is 10.7. The highest BCUT2D eigenvalue weighted by Crippen LogP contribution is 2.22. The van der Waals surface area contributed by atoms with Gasteiger partial charge in [-0.15, -0.1) is 0 Å². The molecule has 2 aromatic carbocycles. The second-order valence-corrected chi connectivity index (χ2v) is 5.45. The predicted octanol–water partition coefficient (Wildman–Crippen LogP) is 4.22. The Kier molecular flexibility index (Phi) is 5.37. The van der Waals surface area contributed by atoms with Crippen LogP contribution in [0.15, 0.2) is 42.5 Å². The highest BCUT2D eigenvalue weighted by atomic mass is 35.5. The summed E-state index contributed by atoms with van der Waals surface area (Å²) in [5.74, 6) is 0. The topological polar surface area (TPSA) is 79.2 Å². The summed E-state index contributed by atoms with van der Waals surface area (Å²) in [6.07, 6.45) is 0. The van der Waals surface area contributed by atoms with Gasteiger partial charge >= 0.3 is 0 Å². The molecule has 0 atom stereocenters. The van der Waals surface area contributed by atoms with Crippen molar-refractivity contribution in [1.29, 1.82) is 0 Å². The van der Waals surface area contributed by atoms with E-state index in [2.05, 4.69) is 16.2 Å². The first-order chi connectivity index (χ1) is 10.4. The van der Waals surface area contributed by atoms with Gasteiger partial charge in [0, 0.05) is 27.9 Å². The van der Waals surface area contributed by atoms with Crippen LogP contribution in [0.4, 0.5) is 17.1 Å². The van der Waals surface area contributed by atoms with Gasteiger partial charge in [-0.2, -0.15) is 0 Å². The summed E-state index contributed by atoms with van der Waals surface area (Å²) < 4.78 is 0. The second-order valence-electron chi connectivity index (χ2n) is 4.17. The number of nitrogens with one attached hydrogen (secondary N) is 3. The maximum Gasteiger partial charge on any atom is 0.271 e. The van der Waals surface area contributed by atoms with Crippen LogP contribution in [0.3, 0.4) is 0 Å². The number of rotatable bonds is 4. The van der Waals surface area contributed by atoms with Crippen molar-refractivity contribution in [2.45, 2.75) is 0 Å². The fourth-order valence-corrected chi connectivity index (χ4v) is 2.31. The molecule has 22 heavy (non-hydrogen) atoms. The number of hydrogen-bond donors (Lipinski definition) is 3. The molecule has 2 aromatic rings. The Hall–Kier alpha value is -2.09. The lowest BCUT2D eigenvalue weighted by Gasteiger charge is -2.12. The van der Waals surface area contributed by atoms with Crippen LogP contribution in [-0.4, -0.2) is 10.0 Å². The minimum Gasteiger partial charge on any atom is -0.331 e. The Bertz CT molecular complexity index is 707. The molecule has 0 saturated heterocycles. The van der Waals surface area contributed by atoms with E-state index in [4.69, 9.17) is 35.4 Å². The van der Waals surface area contributed by atoms with Crippen molar-refractivity contribution in [3.63, 3.8) is 0 Å². The molecule has 0 spiro atoms. The van der Waals surface area contributed by atoms with Crippen molar-refractivity contribution in [3.8, 4) is 0 Å². The van der Waals surface area contributed by atoms with Gasteiger partial charge in [0.25, 0.3) is 5.69 Å². The van der Waals surface area contributed by atoms with Crippen LogP contribution in [-0.2, 0) is 0 Å². The number of nitro groups is 1. The van der Waals surface area contributed by atoms with E-state index in [1.54, 1.807) is 30.3 Å². The molecule has 6 nitrogen and oxygen atoms in total. The molecule has 9 heteroatoms. The summed E-state index contributed by atoms with van der Waals surface area (Å²) >= 11 is 16.9. The van der Waals surface area contributed by atoms with Gasteiger partial charge in [0.15, 0.2) is 5.11 Å². The van der Waals surface area contributed by atoms with E-state index in [0.29, 0.717) is 21.4 Å². The second kappa shape index (κ2) is 7.26. The lowest BCUT2D eigenvalue weighted by Crippen LogP contribution is -2.33. The molecule has 0 saturated carbocycles. The third-order valence-corrected chi connectivity index (χ3v) is 3.14. The zero-order chi connectivity index (χ0) is 16.1. The van der Waals surface area contributed by atoms with Gasteiger partial charge in [0.2, 0.25) is 0 Å². The smallest absolute Gasteiger partial charge is 0.271 e. The van der Waals surface area contributed by atoms with Crippen molar-refractivity contribution in [2.75, 3.05) is 10.7 Å². The molecular formula is C13H10Cl2N4O2S. The SMILES string of the molecule is O=[N+]([O-])c1cccc(NNC(=S)Nc2cc(Cl)cc(Cl)c2)c1. The van der Waals surface area contributed by atoms with E-state index in [-0.39, 0.29) is 10.8 Å². The number of thiocarbonyl (C=S) groups is 1. The molecule has 0 radical (unpaired) electrons. The number of benzene rings is 2. The molecular weight excluding hydrogens is 347 g/mol. The Morgan fingerprint density at radius 1 is 1.09 bits per heavy atom. The van der Waals surface area contributed by atoms with E-state index >= 15 is 0 Å². The number of hydrogen-bond acceptors (Lipinski definition) is 4. The van der Waals surface area contributed by atoms with Crippen molar-refractivity contribution in [2.24, 2.45) is 0 Å². The molecule has 0 unspecified atom stereocenters. The minimum atomic E-state index is -0.476. The van der Waals surface area contributed by atoms with E-state index in [1.165, 1.54) is 12.1 Å². The molecule has 0 heterocycles. The predicted molar refractivity (Wildman–Crippen MR) is 92.5 cm³/mol. The summed E-state index contributed by atoms with van der Waals surface area (Å²) in [6.45, 7) is 0. The highest BCUT2D eigenvalue weighted by Gasteiger charge is 2.06. The Morgan fingerprint density at radius 3 is 2.41 bits per heavy atom. The van der Waals surface area contributed by atoms with Gasteiger partial charge in [-0.05, 0) is 36.5 Å². The lowest BCUT2D eigenvalue weighted by atomic mass is 10.3. The fourth-order valence-electron chi connectivity index (χ4n) is 1.61. The first kappa shape index (κ1) is 16.3. The average Bonchev–Trinajstić information content (AvgIpc) is 2.44. The van der Waals surface area contributed by atoms with Crippen LogP contribution in [0.2, 0.25) is 10.0 Å². The molecule has 0 aromatic heterocycles. The van der Waals surface area contributed by atoms with Crippen LogP contribution in [0, 0.1) is 10.1 Å². The number of halogens is 2. The number of nitrogens with zero attached hydrogens (tertiary/aromatic N) is 1. The summed E-state index contributed by atoms with van der Waals surface area (Å²) in [7, 11) is 0. The monoisotopic (exact) mass is 356 g/mol. The van der Waals surface area contributed by atoms with Gasteiger partial charge in [-0.25, -0.2) is 0 Å². The van der Waals surface area contributed by atoms with Crippen molar-refractivity contribution in [1.82, 2.24) is 5.43 Å². The summed E-state index contributed by atoms with van der Waals surface area (Å²) in [5.41, 5.74) is 6.58. The van der Waals surface area contributed by atoms with Gasteiger partial charge in [-0.1, -0.05) is 29.3 Å². The van der Waals surface area contributed by atoms with Gasteiger partial charge in [0.05, 0.1) is 10.6 Å². The Labute approximate surface area is 141 Å². The molecule has 0 bridgehead atoms. The molecule has 0 aliphatic heterocycles. The average molecular weight is 357 g/mol. The molecule has 114 valence electrons. The van der Waals surface area contributed by atoms with Crippen molar-refractivity contribution >= 4 is 57.6 Å². The zero-order valence-corrected chi connectivity index (χ0v) is 13.3. The van der Waals surface area contributed by atoms with Crippen molar-refractivity contribution in [3.05, 3.63) is 62.6 Å². The van der Waals surface area contributed by atoms with E-state index in [1.807, 2.05) is 0 Å². The summed E-state index contributed by atoms with van der Waals surface area (Å²) in [6, 6.07) is 10.9. The molecule has 2 rings (SSSR count). The molecule has 3 N–H and O–H groups in total. The van der Waals surface area contributed by atoms with Crippen LogP contribution < -0.4 is 16.2 Å². The fraction of sp³-hybridized carbons (Fsp3) is 0. The van der Waals surface area contributed by atoms with Crippen LogP contribution in [0.25, 0.3) is 0 Å². The van der Waals surface area contributed by atoms with Crippen molar-refractivity contribution < 1.29 is 4.92 Å². The lowest BCUT2D eigenvalue weighted by molar-refractivity contribution is -0.384. The van der Waals surface area contributed by atoms with E-state index < -0.39 is 4.92 Å². The van der Waals surface area contributed by atoms with E-state index in [9.17, 15) is 10.1 Å². The minimum absolute atomic E-state index is 0.0210. The standard InChI is InChI=1S/C13H10Cl2N4O2S/c14-8-4-9(15)6-11(5-8)16-13(22)18-17-10-2-1-3-12(7-10)19(20)21/h1-7,17H,(H2,16,18,22). The highest BCUT2D eigenvalue weighted by molar-refractivity contribution is 7.80. The first-order valence-electron chi connectivity index (χ1n) is 5.97.